The molecule has 5 heteroatoms. The molecule has 0 bridgehead atoms. The van der Waals surface area contributed by atoms with Crippen LogP contribution in [0, 0.1) is 11.3 Å². The van der Waals surface area contributed by atoms with Gasteiger partial charge in [-0.25, -0.2) is 4.98 Å². The lowest BCUT2D eigenvalue weighted by molar-refractivity contribution is 0.678. The summed E-state index contributed by atoms with van der Waals surface area (Å²) in [6.07, 6.45) is 5.68. The molecule has 1 aliphatic carbocycles. The van der Waals surface area contributed by atoms with Crippen LogP contribution in [0.3, 0.4) is 0 Å². The maximum atomic E-state index is 11.1. The lowest BCUT2D eigenvalue weighted by Crippen LogP contribution is -2.19. The Hall–Kier alpha value is -1.41. The molecule has 2 atom stereocenters. The van der Waals surface area contributed by atoms with Crippen LogP contribution >= 0.6 is 0 Å². The summed E-state index contributed by atoms with van der Waals surface area (Å²) < 4.78 is 11.1. The molecule has 1 aromatic rings. The third kappa shape index (κ3) is 3.54. The number of nitriles is 1. The monoisotopic (exact) mass is 277 g/mol. The van der Waals surface area contributed by atoms with Crippen molar-refractivity contribution in [2.45, 2.75) is 38.6 Å². The molecule has 19 heavy (non-hydrogen) atoms. The molecule has 4 nitrogen and oxygen atoms in total. The van der Waals surface area contributed by atoms with Crippen molar-refractivity contribution in [3.8, 4) is 6.07 Å². The van der Waals surface area contributed by atoms with E-state index in [1.54, 1.807) is 6.26 Å². The van der Waals surface area contributed by atoms with Crippen LogP contribution in [0.25, 0.3) is 0 Å². The summed E-state index contributed by atoms with van der Waals surface area (Å²) in [6.45, 7) is 2.03. The molecule has 0 spiro atoms. The average molecular weight is 277 g/mol. The highest BCUT2D eigenvalue weighted by Gasteiger charge is 2.17. The van der Waals surface area contributed by atoms with E-state index in [0.717, 1.165) is 31.4 Å². The van der Waals surface area contributed by atoms with Gasteiger partial charge in [-0.15, -0.1) is 0 Å². The zero-order valence-electron chi connectivity index (χ0n) is 11.4. The van der Waals surface area contributed by atoms with Gasteiger partial charge < -0.3 is 5.32 Å². The van der Waals surface area contributed by atoms with Crippen LogP contribution in [0.5, 0.6) is 0 Å². The highest BCUT2D eigenvalue weighted by Crippen LogP contribution is 2.25. The second-order valence-corrected chi connectivity index (χ2v) is 6.62. The fourth-order valence-electron chi connectivity index (χ4n) is 2.32. The van der Waals surface area contributed by atoms with Gasteiger partial charge in [-0.2, -0.15) is 5.26 Å². The second kappa shape index (κ2) is 6.16. The highest BCUT2D eigenvalue weighted by atomic mass is 32.2. The quantitative estimate of drug-likeness (QED) is 0.894. The number of rotatable bonds is 5. The Morgan fingerprint density at radius 2 is 2.37 bits per heavy atom. The number of pyridine rings is 1. The smallest absolute Gasteiger partial charge is 0.144 e. The molecule has 0 amide bonds. The molecular formula is C14H19N3OS. The maximum Gasteiger partial charge on any atom is 0.144 e. The molecule has 1 aromatic heterocycles. The van der Waals surface area contributed by atoms with Crippen LogP contribution in [-0.4, -0.2) is 27.2 Å². The minimum atomic E-state index is -0.776. The minimum Gasteiger partial charge on any atom is -0.366 e. The molecule has 102 valence electrons. The van der Waals surface area contributed by atoms with Crippen LogP contribution in [-0.2, 0) is 23.6 Å². The minimum absolute atomic E-state index is 0.169. The van der Waals surface area contributed by atoms with E-state index in [4.69, 9.17) is 0 Å². The van der Waals surface area contributed by atoms with E-state index in [1.165, 1.54) is 5.56 Å². The molecule has 1 aliphatic rings. The average Bonchev–Trinajstić information content (AvgIpc) is 2.82. The number of fused-ring (bicyclic) bond motifs is 1. The van der Waals surface area contributed by atoms with Gasteiger partial charge in [-0.3, -0.25) is 4.21 Å². The predicted molar refractivity (Wildman–Crippen MR) is 77.6 cm³/mol. The Labute approximate surface area is 116 Å². The van der Waals surface area contributed by atoms with Gasteiger partial charge in [0, 0.05) is 34.5 Å². The zero-order chi connectivity index (χ0) is 13.8. The van der Waals surface area contributed by atoms with Gasteiger partial charge in [-0.1, -0.05) is 0 Å². The number of aryl methyl sites for hydroxylation is 2. The number of aromatic nitrogens is 1. The standard InChI is InChI=1S/C14H19N3OS/c1-10(6-7-19(2)18)16-14-12(9-15)8-11-4-3-5-13(11)17-14/h8,10H,3-7H2,1-2H3,(H,16,17). The lowest BCUT2D eigenvalue weighted by atomic mass is 10.1. The summed E-state index contributed by atoms with van der Waals surface area (Å²) in [5.41, 5.74) is 2.95. The first-order valence-electron chi connectivity index (χ1n) is 6.59. The Kier molecular flexibility index (Phi) is 4.54. The van der Waals surface area contributed by atoms with E-state index in [1.807, 2.05) is 13.0 Å². The molecule has 2 unspecified atom stereocenters. The molecule has 0 radical (unpaired) electrons. The topological polar surface area (TPSA) is 65.8 Å². The van der Waals surface area contributed by atoms with Gasteiger partial charge in [0.25, 0.3) is 0 Å². The van der Waals surface area contributed by atoms with Crippen molar-refractivity contribution in [3.63, 3.8) is 0 Å². The van der Waals surface area contributed by atoms with Crippen molar-refractivity contribution >= 4 is 16.6 Å². The van der Waals surface area contributed by atoms with Gasteiger partial charge >= 0.3 is 0 Å². The van der Waals surface area contributed by atoms with Crippen molar-refractivity contribution in [1.82, 2.24) is 4.98 Å². The largest absolute Gasteiger partial charge is 0.366 e. The number of hydrogen-bond donors (Lipinski definition) is 1. The molecule has 1 heterocycles. The maximum absolute atomic E-state index is 11.1. The van der Waals surface area contributed by atoms with Gasteiger partial charge in [0.1, 0.15) is 11.9 Å². The first kappa shape index (κ1) is 14.0. The Balaban J connectivity index is 2.11. The summed E-state index contributed by atoms with van der Waals surface area (Å²) in [7, 11) is -0.776. The fourth-order valence-corrected chi connectivity index (χ4v) is 3.00. The van der Waals surface area contributed by atoms with Gasteiger partial charge in [0.05, 0.1) is 5.56 Å². The predicted octanol–water partition coefficient (Wildman–Crippen LogP) is 2.01. The fraction of sp³-hybridized carbons (Fsp3) is 0.571. The number of anilines is 1. The molecular weight excluding hydrogens is 258 g/mol. The molecule has 0 fully saturated rings. The van der Waals surface area contributed by atoms with E-state index in [-0.39, 0.29) is 6.04 Å². The van der Waals surface area contributed by atoms with Crippen molar-refractivity contribution in [2.24, 2.45) is 0 Å². The number of nitrogens with one attached hydrogen (secondary N) is 1. The number of hydrogen-bond acceptors (Lipinski definition) is 4. The third-order valence-corrected chi connectivity index (χ3v) is 4.20. The number of nitrogens with zero attached hydrogens (tertiary/aromatic N) is 2. The van der Waals surface area contributed by atoms with Crippen LogP contribution < -0.4 is 5.32 Å². The molecule has 0 aliphatic heterocycles. The Morgan fingerprint density at radius 3 is 3.05 bits per heavy atom. The Bertz CT molecular complexity index is 536. The van der Waals surface area contributed by atoms with E-state index in [9.17, 15) is 9.47 Å². The van der Waals surface area contributed by atoms with Crippen LogP contribution in [0.4, 0.5) is 5.82 Å². The van der Waals surface area contributed by atoms with E-state index in [0.29, 0.717) is 17.1 Å². The molecule has 2 rings (SSSR count). The van der Waals surface area contributed by atoms with Crippen molar-refractivity contribution < 1.29 is 4.21 Å². The third-order valence-electron chi connectivity index (χ3n) is 3.39. The molecule has 0 saturated heterocycles. The van der Waals surface area contributed by atoms with Crippen molar-refractivity contribution in [3.05, 3.63) is 22.9 Å². The summed E-state index contributed by atoms with van der Waals surface area (Å²) in [5.74, 6) is 1.35. The zero-order valence-corrected chi connectivity index (χ0v) is 12.2. The first-order chi connectivity index (χ1) is 9.10. The summed E-state index contributed by atoms with van der Waals surface area (Å²) in [6, 6.07) is 4.34. The molecule has 1 N–H and O–H groups in total. The Morgan fingerprint density at radius 1 is 1.58 bits per heavy atom. The van der Waals surface area contributed by atoms with Gasteiger partial charge in [0.2, 0.25) is 0 Å². The first-order valence-corrected chi connectivity index (χ1v) is 8.32. The van der Waals surface area contributed by atoms with E-state index in [2.05, 4.69) is 16.4 Å². The van der Waals surface area contributed by atoms with Crippen molar-refractivity contribution in [1.29, 1.82) is 5.26 Å². The van der Waals surface area contributed by atoms with E-state index >= 15 is 0 Å². The van der Waals surface area contributed by atoms with Gasteiger partial charge in [-0.05, 0) is 44.2 Å². The summed E-state index contributed by atoms with van der Waals surface area (Å²) >= 11 is 0. The summed E-state index contributed by atoms with van der Waals surface area (Å²) in [5, 5.41) is 12.5. The summed E-state index contributed by atoms with van der Waals surface area (Å²) in [4.78, 5) is 4.58. The van der Waals surface area contributed by atoms with Crippen LogP contribution in [0.15, 0.2) is 6.07 Å². The van der Waals surface area contributed by atoms with Crippen LogP contribution in [0.1, 0.15) is 36.6 Å². The lowest BCUT2D eigenvalue weighted by Gasteiger charge is -2.15. The SMILES string of the molecule is CC(CCS(C)=O)Nc1nc2c(cc1C#N)CCC2. The highest BCUT2D eigenvalue weighted by molar-refractivity contribution is 7.84. The molecule has 0 saturated carbocycles. The molecule has 0 aromatic carbocycles. The van der Waals surface area contributed by atoms with E-state index < -0.39 is 10.8 Å². The van der Waals surface area contributed by atoms with Crippen molar-refractivity contribution in [2.75, 3.05) is 17.3 Å². The van der Waals surface area contributed by atoms with Crippen LogP contribution in [0.2, 0.25) is 0 Å². The van der Waals surface area contributed by atoms with Gasteiger partial charge in [0.15, 0.2) is 0 Å². The normalized spacial score (nSPS) is 16.5. The second-order valence-electron chi connectivity index (χ2n) is 5.07.